The van der Waals surface area contributed by atoms with Crippen molar-refractivity contribution in [3.8, 4) is 0 Å². The van der Waals surface area contributed by atoms with Crippen LogP contribution in [0.5, 0.6) is 0 Å². The zero-order valence-electron chi connectivity index (χ0n) is 15.4. The third kappa shape index (κ3) is 3.89. The molecule has 3 heteroatoms. The SMILES string of the molecule is O=C(c1ccccc1)c1ccc(CN2CCCN3CCCCCC32)cc1. The van der Waals surface area contributed by atoms with E-state index in [-0.39, 0.29) is 5.78 Å². The molecule has 1 unspecified atom stereocenters. The highest BCUT2D eigenvalue weighted by atomic mass is 16.1. The van der Waals surface area contributed by atoms with Gasteiger partial charge in [-0.2, -0.15) is 0 Å². The first-order valence-corrected chi connectivity index (χ1v) is 9.98. The van der Waals surface area contributed by atoms with Gasteiger partial charge in [0.25, 0.3) is 0 Å². The molecule has 0 aliphatic carbocycles. The maximum Gasteiger partial charge on any atom is 0.193 e. The van der Waals surface area contributed by atoms with Gasteiger partial charge in [-0.15, -0.1) is 0 Å². The van der Waals surface area contributed by atoms with Gasteiger partial charge in [0, 0.05) is 30.8 Å². The van der Waals surface area contributed by atoms with E-state index in [1.807, 2.05) is 42.5 Å². The molecule has 2 aromatic rings. The number of fused-ring (bicyclic) bond motifs is 1. The quantitative estimate of drug-likeness (QED) is 0.769. The highest BCUT2D eigenvalue weighted by Gasteiger charge is 2.29. The predicted molar refractivity (Wildman–Crippen MR) is 105 cm³/mol. The van der Waals surface area contributed by atoms with Gasteiger partial charge in [-0.05, 0) is 31.4 Å². The molecule has 2 aliphatic rings. The Balaban J connectivity index is 1.44. The van der Waals surface area contributed by atoms with Gasteiger partial charge in [0.2, 0.25) is 0 Å². The maximum atomic E-state index is 12.6. The van der Waals surface area contributed by atoms with Crippen molar-refractivity contribution >= 4 is 5.78 Å². The molecule has 2 heterocycles. The number of carbonyl (C=O) groups excluding carboxylic acids is 1. The minimum absolute atomic E-state index is 0.102. The van der Waals surface area contributed by atoms with Gasteiger partial charge in [0.05, 0.1) is 6.17 Å². The van der Waals surface area contributed by atoms with E-state index in [1.54, 1.807) is 0 Å². The molecule has 2 aromatic carbocycles. The van der Waals surface area contributed by atoms with E-state index in [1.165, 1.54) is 57.3 Å². The van der Waals surface area contributed by atoms with E-state index in [9.17, 15) is 4.79 Å². The van der Waals surface area contributed by atoms with Crippen LogP contribution >= 0.6 is 0 Å². The lowest BCUT2D eigenvalue weighted by Crippen LogP contribution is -2.52. The van der Waals surface area contributed by atoms with Crippen molar-refractivity contribution in [2.75, 3.05) is 19.6 Å². The van der Waals surface area contributed by atoms with E-state index in [0.29, 0.717) is 6.17 Å². The van der Waals surface area contributed by atoms with Crippen LogP contribution in [0.15, 0.2) is 54.6 Å². The predicted octanol–water partition coefficient (Wildman–Crippen LogP) is 4.33. The molecule has 2 aliphatic heterocycles. The summed E-state index contributed by atoms with van der Waals surface area (Å²) in [5.41, 5.74) is 2.83. The summed E-state index contributed by atoms with van der Waals surface area (Å²) in [6, 6.07) is 17.8. The van der Waals surface area contributed by atoms with Crippen LogP contribution in [0.1, 0.15) is 53.6 Å². The number of carbonyl (C=O) groups is 1. The maximum absolute atomic E-state index is 12.6. The first-order valence-electron chi connectivity index (χ1n) is 9.98. The first kappa shape index (κ1) is 17.4. The lowest BCUT2D eigenvalue weighted by atomic mass is 10.0. The number of rotatable bonds is 4. The Labute approximate surface area is 156 Å². The molecule has 0 N–H and O–H groups in total. The normalized spacial score (nSPS) is 21.8. The van der Waals surface area contributed by atoms with Crippen LogP contribution in [0.4, 0.5) is 0 Å². The summed E-state index contributed by atoms with van der Waals surface area (Å²) in [7, 11) is 0. The van der Waals surface area contributed by atoms with Crippen LogP contribution in [0, 0.1) is 0 Å². The molecule has 0 radical (unpaired) electrons. The van der Waals surface area contributed by atoms with Crippen molar-refractivity contribution in [2.45, 2.75) is 44.8 Å². The molecule has 0 aromatic heterocycles. The number of hydrogen-bond acceptors (Lipinski definition) is 3. The molecule has 0 amide bonds. The largest absolute Gasteiger partial charge is 0.289 e. The Morgan fingerprint density at radius 2 is 1.54 bits per heavy atom. The van der Waals surface area contributed by atoms with Crippen LogP contribution < -0.4 is 0 Å². The van der Waals surface area contributed by atoms with E-state index in [2.05, 4.69) is 21.9 Å². The van der Waals surface area contributed by atoms with Gasteiger partial charge in [0.1, 0.15) is 0 Å². The van der Waals surface area contributed by atoms with Gasteiger partial charge in [-0.25, -0.2) is 0 Å². The molecule has 0 saturated carbocycles. The highest BCUT2D eigenvalue weighted by molar-refractivity contribution is 6.08. The molecule has 3 nitrogen and oxygen atoms in total. The van der Waals surface area contributed by atoms with Crippen LogP contribution in [0.25, 0.3) is 0 Å². The van der Waals surface area contributed by atoms with Gasteiger partial charge in [0.15, 0.2) is 5.78 Å². The standard InChI is InChI=1S/C23H28N2O/c26-23(20-8-3-1-4-9-20)21-13-11-19(12-14-21)18-25-17-7-16-24-15-6-2-5-10-22(24)25/h1,3-4,8-9,11-14,22H,2,5-7,10,15-18H2. The minimum Gasteiger partial charge on any atom is -0.289 e. The number of hydrogen-bond donors (Lipinski definition) is 0. The zero-order chi connectivity index (χ0) is 17.8. The second-order valence-electron chi connectivity index (χ2n) is 7.58. The fourth-order valence-electron chi connectivity index (χ4n) is 4.39. The van der Waals surface area contributed by atoms with E-state index in [0.717, 1.165) is 17.7 Å². The van der Waals surface area contributed by atoms with Gasteiger partial charge >= 0.3 is 0 Å². The lowest BCUT2D eigenvalue weighted by Gasteiger charge is -2.43. The van der Waals surface area contributed by atoms with Crippen molar-refractivity contribution in [1.29, 1.82) is 0 Å². The molecule has 0 spiro atoms. The van der Waals surface area contributed by atoms with Crippen LogP contribution in [0.2, 0.25) is 0 Å². The fraction of sp³-hybridized carbons (Fsp3) is 0.435. The minimum atomic E-state index is 0.102. The molecule has 2 saturated heterocycles. The lowest BCUT2D eigenvalue weighted by molar-refractivity contribution is -0.000347. The van der Waals surface area contributed by atoms with Crippen molar-refractivity contribution in [2.24, 2.45) is 0 Å². The van der Waals surface area contributed by atoms with E-state index >= 15 is 0 Å². The Bertz CT molecular complexity index is 726. The summed E-state index contributed by atoms with van der Waals surface area (Å²) >= 11 is 0. The topological polar surface area (TPSA) is 23.6 Å². The second kappa shape index (κ2) is 8.15. The van der Waals surface area contributed by atoms with Crippen LogP contribution in [0.3, 0.4) is 0 Å². The molecule has 136 valence electrons. The summed E-state index contributed by atoms with van der Waals surface area (Å²) in [5.74, 6) is 0.102. The van der Waals surface area contributed by atoms with E-state index < -0.39 is 0 Å². The van der Waals surface area contributed by atoms with Gasteiger partial charge < -0.3 is 0 Å². The van der Waals surface area contributed by atoms with Crippen molar-refractivity contribution in [3.05, 3.63) is 71.3 Å². The second-order valence-corrected chi connectivity index (χ2v) is 7.58. The van der Waals surface area contributed by atoms with Crippen molar-refractivity contribution in [3.63, 3.8) is 0 Å². The third-order valence-electron chi connectivity index (χ3n) is 5.78. The summed E-state index contributed by atoms with van der Waals surface area (Å²) in [6.45, 7) is 4.68. The average molecular weight is 348 g/mol. The van der Waals surface area contributed by atoms with Gasteiger partial charge in [-0.3, -0.25) is 14.6 Å². The van der Waals surface area contributed by atoms with Gasteiger partial charge in [-0.1, -0.05) is 67.4 Å². The Morgan fingerprint density at radius 3 is 2.35 bits per heavy atom. The molecule has 2 fully saturated rings. The van der Waals surface area contributed by atoms with E-state index in [4.69, 9.17) is 0 Å². The third-order valence-corrected chi connectivity index (χ3v) is 5.78. The molecular weight excluding hydrogens is 320 g/mol. The molecule has 4 rings (SSSR count). The number of ketones is 1. The number of benzene rings is 2. The summed E-state index contributed by atoms with van der Waals surface area (Å²) in [6.07, 6.45) is 7.24. The molecule has 1 atom stereocenters. The smallest absolute Gasteiger partial charge is 0.193 e. The highest BCUT2D eigenvalue weighted by Crippen LogP contribution is 2.25. The van der Waals surface area contributed by atoms with Crippen LogP contribution in [-0.4, -0.2) is 41.4 Å². The van der Waals surface area contributed by atoms with Crippen molar-refractivity contribution < 1.29 is 4.79 Å². The Kier molecular flexibility index (Phi) is 5.47. The Hall–Kier alpha value is -1.97. The first-order chi connectivity index (χ1) is 12.8. The van der Waals surface area contributed by atoms with Crippen molar-refractivity contribution in [1.82, 2.24) is 9.80 Å². The summed E-state index contributed by atoms with van der Waals surface area (Å²) in [5, 5.41) is 0. The molecule has 0 bridgehead atoms. The number of nitrogens with zero attached hydrogens (tertiary/aromatic N) is 2. The summed E-state index contributed by atoms with van der Waals surface area (Å²) in [4.78, 5) is 17.9. The summed E-state index contributed by atoms with van der Waals surface area (Å²) < 4.78 is 0. The monoisotopic (exact) mass is 348 g/mol. The fourth-order valence-corrected chi connectivity index (χ4v) is 4.39. The zero-order valence-corrected chi connectivity index (χ0v) is 15.4. The molecule has 26 heavy (non-hydrogen) atoms. The Morgan fingerprint density at radius 1 is 0.808 bits per heavy atom. The molecular formula is C23H28N2O. The average Bonchev–Trinajstić information content (AvgIpc) is 2.95. The van der Waals surface area contributed by atoms with Crippen LogP contribution in [-0.2, 0) is 6.54 Å².